The van der Waals surface area contributed by atoms with Gasteiger partial charge in [-0.1, -0.05) is 0 Å². The molecule has 1 atom stereocenters. The summed E-state index contributed by atoms with van der Waals surface area (Å²) in [6.45, 7) is 1.04. The highest BCUT2D eigenvalue weighted by Crippen LogP contribution is 2.39. The Hall–Kier alpha value is -3.18. The molecule has 1 saturated carbocycles. The Balaban J connectivity index is 1.07. The van der Waals surface area contributed by atoms with E-state index in [4.69, 9.17) is 4.74 Å². The van der Waals surface area contributed by atoms with Gasteiger partial charge < -0.3 is 9.72 Å². The van der Waals surface area contributed by atoms with Gasteiger partial charge >= 0.3 is 0 Å². The highest BCUT2D eigenvalue weighted by Gasteiger charge is 2.33. The number of pyridine rings is 1. The third-order valence-corrected chi connectivity index (χ3v) is 10.2. The number of hydrogen-bond acceptors (Lipinski definition) is 6. The number of benzene rings is 1. The lowest BCUT2D eigenvalue weighted by atomic mass is 9.80. The van der Waals surface area contributed by atoms with Crippen molar-refractivity contribution in [3.63, 3.8) is 0 Å². The molecule has 4 aromatic rings. The molecule has 8 nitrogen and oxygen atoms in total. The molecule has 0 bridgehead atoms. The number of nitrogens with one attached hydrogen (secondary N) is 1. The van der Waals surface area contributed by atoms with Gasteiger partial charge in [-0.2, -0.15) is 0 Å². The number of halogens is 2. The van der Waals surface area contributed by atoms with E-state index in [2.05, 4.69) is 19.9 Å². The van der Waals surface area contributed by atoms with E-state index in [9.17, 15) is 17.2 Å². The van der Waals surface area contributed by atoms with Gasteiger partial charge in [0.1, 0.15) is 5.82 Å². The Morgan fingerprint density at radius 2 is 1.87 bits per heavy atom. The van der Waals surface area contributed by atoms with Crippen molar-refractivity contribution in [2.45, 2.75) is 44.4 Å². The largest absolute Gasteiger partial charge is 0.490 e. The van der Waals surface area contributed by atoms with Gasteiger partial charge in [-0.3, -0.25) is 0 Å². The first-order valence-corrected chi connectivity index (χ1v) is 15.1. The summed E-state index contributed by atoms with van der Waals surface area (Å²) in [5, 5.41) is 2.04. The molecule has 2 aliphatic rings. The molecule has 6 rings (SSSR count). The minimum atomic E-state index is -3.43. The van der Waals surface area contributed by atoms with Crippen LogP contribution >= 0.6 is 0 Å². The van der Waals surface area contributed by atoms with Gasteiger partial charge in [-0.15, -0.1) is 0 Å². The molecule has 0 amide bonds. The smallest absolute Gasteiger partial charge is 0.214 e. The summed E-state index contributed by atoms with van der Waals surface area (Å²) >= 11 is 0. The Kier molecular flexibility index (Phi) is 7.20. The van der Waals surface area contributed by atoms with E-state index in [-0.39, 0.29) is 29.9 Å². The number of rotatable bonds is 7. The summed E-state index contributed by atoms with van der Waals surface area (Å²) in [6, 6.07) is 5.17. The molecule has 3 aromatic heterocycles. The fourth-order valence-electron chi connectivity index (χ4n) is 6.13. The second kappa shape index (κ2) is 10.8. The van der Waals surface area contributed by atoms with Crippen LogP contribution in [0.25, 0.3) is 21.9 Å². The molecular weight excluding hydrogens is 524 g/mol. The van der Waals surface area contributed by atoms with Gasteiger partial charge in [0, 0.05) is 47.7 Å². The van der Waals surface area contributed by atoms with Crippen LogP contribution in [0.15, 0.2) is 43.0 Å². The summed E-state index contributed by atoms with van der Waals surface area (Å²) in [5.74, 6) is -0.937. The van der Waals surface area contributed by atoms with Crippen LogP contribution in [0.1, 0.15) is 50.1 Å². The standard InChI is InChI=1S/C28H31F2N5O3S/c29-21-7-8-25(23(30)12-21)38-15-19-2-1-11-35(14-19)39(36,37)16-18-3-5-20(6-4-18)27-26-22-9-10-31-28(22)32-13-24(26)33-17-34-27/h7-10,12-13,17-20H,1-6,11,14-16H2,(H,33,34). The maximum atomic E-state index is 13.9. The molecule has 1 unspecified atom stereocenters. The number of fused-ring (bicyclic) bond motifs is 3. The lowest BCUT2D eigenvalue weighted by molar-refractivity contribution is 0.175. The number of H-pyrrole nitrogens is 1. The minimum absolute atomic E-state index is 0.0148. The van der Waals surface area contributed by atoms with Crippen LogP contribution < -0.4 is 4.74 Å². The quantitative estimate of drug-likeness (QED) is 0.337. The Labute approximate surface area is 225 Å². The van der Waals surface area contributed by atoms with Gasteiger partial charge in [0.05, 0.1) is 30.4 Å². The van der Waals surface area contributed by atoms with Gasteiger partial charge in [0.2, 0.25) is 10.0 Å². The molecule has 39 heavy (non-hydrogen) atoms. The van der Waals surface area contributed by atoms with E-state index in [1.807, 2.05) is 6.07 Å². The van der Waals surface area contributed by atoms with Gasteiger partial charge in [-0.05, 0) is 68.6 Å². The predicted molar refractivity (Wildman–Crippen MR) is 144 cm³/mol. The molecule has 206 valence electrons. The summed E-state index contributed by atoms with van der Waals surface area (Å²) in [7, 11) is -3.43. The highest BCUT2D eigenvalue weighted by molar-refractivity contribution is 7.89. The molecule has 1 aliphatic carbocycles. The van der Waals surface area contributed by atoms with E-state index >= 15 is 0 Å². The van der Waals surface area contributed by atoms with Gasteiger partial charge in [-0.25, -0.2) is 36.5 Å². The summed E-state index contributed by atoms with van der Waals surface area (Å²) in [5.41, 5.74) is 2.66. The van der Waals surface area contributed by atoms with Crippen LogP contribution in [0.5, 0.6) is 5.75 Å². The molecule has 0 spiro atoms. The number of ether oxygens (including phenoxy) is 1. The number of aromatic nitrogens is 4. The van der Waals surface area contributed by atoms with E-state index < -0.39 is 21.7 Å². The number of sulfonamides is 1. The number of piperidine rings is 1. The monoisotopic (exact) mass is 555 g/mol. The molecule has 2 fully saturated rings. The number of hydrogen-bond donors (Lipinski definition) is 1. The Morgan fingerprint density at radius 3 is 2.69 bits per heavy atom. The molecule has 1 saturated heterocycles. The van der Waals surface area contributed by atoms with E-state index in [0.717, 1.165) is 72.6 Å². The van der Waals surface area contributed by atoms with E-state index in [1.165, 1.54) is 6.07 Å². The highest BCUT2D eigenvalue weighted by atomic mass is 32.2. The van der Waals surface area contributed by atoms with Gasteiger partial charge in [0.15, 0.2) is 17.2 Å². The molecule has 11 heteroatoms. The molecular formula is C28H31F2N5O3S. The lowest BCUT2D eigenvalue weighted by Gasteiger charge is -2.34. The van der Waals surface area contributed by atoms with Crippen LogP contribution in [0, 0.1) is 23.5 Å². The maximum absolute atomic E-state index is 13.9. The van der Waals surface area contributed by atoms with Crippen molar-refractivity contribution in [3.05, 3.63) is 60.3 Å². The zero-order valence-electron chi connectivity index (χ0n) is 21.5. The number of aromatic amines is 1. The molecule has 1 aliphatic heterocycles. The second-order valence-corrected chi connectivity index (χ2v) is 12.8. The minimum Gasteiger partial charge on any atom is -0.490 e. The second-order valence-electron chi connectivity index (χ2n) is 10.8. The maximum Gasteiger partial charge on any atom is 0.214 e. The van der Waals surface area contributed by atoms with Crippen molar-refractivity contribution in [2.24, 2.45) is 11.8 Å². The molecule has 0 radical (unpaired) electrons. The average Bonchev–Trinajstić information content (AvgIpc) is 3.42. The van der Waals surface area contributed by atoms with Crippen LogP contribution in [0.3, 0.4) is 0 Å². The summed E-state index contributed by atoms with van der Waals surface area (Å²) in [6.07, 6.45) is 10.2. The number of nitrogens with zero attached hydrogens (tertiary/aromatic N) is 4. The zero-order chi connectivity index (χ0) is 27.0. The predicted octanol–water partition coefficient (Wildman–Crippen LogP) is 5.18. The normalized spacial score (nSPS) is 22.9. The van der Waals surface area contributed by atoms with Gasteiger partial charge in [0.25, 0.3) is 0 Å². The lowest BCUT2D eigenvalue weighted by Crippen LogP contribution is -2.43. The van der Waals surface area contributed by atoms with Crippen molar-refractivity contribution in [3.8, 4) is 5.75 Å². The van der Waals surface area contributed by atoms with Crippen LogP contribution in [0.2, 0.25) is 0 Å². The molecule has 4 heterocycles. The first-order chi connectivity index (χ1) is 18.9. The fraction of sp³-hybridized carbons (Fsp3) is 0.464. The van der Waals surface area contributed by atoms with Crippen LogP contribution in [0.4, 0.5) is 8.78 Å². The Bertz CT molecular complexity index is 1590. The summed E-state index contributed by atoms with van der Waals surface area (Å²) in [4.78, 5) is 16.5. The van der Waals surface area contributed by atoms with Crippen molar-refractivity contribution in [2.75, 3.05) is 25.4 Å². The van der Waals surface area contributed by atoms with Crippen molar-refractivity contribution < 1.29 is 21.9 Å². The topological polar surface area (TPSA) is 101 Å². The average molecular weight is 556 g/mol. The summed E-state index contributed by atoms with van der Waals surface area (Å²) < 4.78 is 60.9. The molecule has 1 N–H and O–H groups in total. The SMILES string of the molecule is O=S(=O)(CC1CCC(c2[nH]cnc3cnc4nccc4c23)CC1)N1CCCC(COc2ccc(F)cc2F)C1. The third kappa shape index (κ3) is 5.47. The van der Waals surface area contributed by atoms with Crippen molar-refractivity contribution in [1.29, 1.82) is 0 Å². The Morgan fingerprint density at radius 1 is 1.03 bits per heavy atom. The first kappa shape index (κ1) is 26.1. The van der Waals surface area contributed by atoms with Crippen molar-refractivity contribution >= 4 is 32.0 Å². The molecule has 1 aromatic carbocycles. The van der Waals surface area contributed by atoms with E-state index in [1.54, 1.807) is 23.0 Å². The third-order valence-electron chi connectivity index (χ3n) is 8.15. The van der Waals surface area contributed by atoms with Crippen molar-refractivity contribution in [1.82, 2.24) is 24.2 Å². The van der Waals surface area contributed by atoms with Crippen LogP contribution in [-0.4, -0.2) is 58.1 Å². The van der Waals surface area contributed by atoms with Crippen LogP contribution in [-0.2, 0) is 10.0 Å². The fourth-order valence-corrected chi connectivity index (χ4v) is 8.12. The zero-order valence-corrected chi connectivity index (χ0v) is 22.3. The first-order valence-electron chi connectivity index (χ1n) is 13.5. The van der Waals surface area contributed by atoms with E-state index in [0.29, 0.717) is 24.7 Å².